The van der Waals surface area contributed by atoms with Gasteiger partial charge >= 0.3 is 0 Å². The maximum absolute atomic E-state index is 5.55. The van der Waals surface area contributed by atoms with Crippen LogP contribution >= 0.6 is 0 Å². The van der Waals surface area contributed by atoms with Gasteiger partial charge in [0, 0.05) is 13.2 Å². The van der Waals surface area contributed by atoms with Crippen molar-refractivity contribution in [2.75, 3.05) is 32.8 Å². The van der Waals surface area contributed by atoms with Crippen molar-refractivity contribution in [1.82, 2.24) is 5.32 Å². The zero-order valence-electron chi connectivity index (χ0n) is 10.0. The number of hydrogen-bond acceptors (Lipinski definition) is 3. The first-order valence-corrected chi connectivity index (χ1v) is 6.31. The fourth-order valence-corrected chi connectivity index (χ4v) is 1.57. The average molecular weight is 214 g/mol. The van der Waals surface area contributed by atoms with Gasteiger partial charge in [-0.3, -0.25) is 0 Å². The molecule has 90 valence electrons. The topological polar surface area (TPSA) is 47.3 Å². The fourth-order valence-electron chi connectivity index (χ4n) is 1.57. The van der Waals surface area contributed by atoms with Crippen LogP contribution in [0.2, 0.25) is 0 Å². The van der Waals surface area contributed by atoms with Crippen LogP contribution in [0.3, 0.4) is 0 Å². The maximum Gasteiger partial charge on any atom is 0.0494 e. The van der Waals surface area contributed by atoms with E-state index < -0.39 is 0 Å². The fraction of sp³-hybridized carbons (Fsp3) is 1.00. The third-order valence-corrected chi connectivity index (χ3v) is 2.84. The molecule has 0 aromatic heterocycles. The predicted octanol–water partition coefficient (Wildman–Crippen LogP) is 1.38. The zero-order valence-corrected chi connectivity index (χ0v) is 10.0. The molecular formula is C12H26N2O. The number of ether oxygens (including phenoxy) is 1. The lowest BCUT2D eigenvalue weighted by molar-refractivity contribution is 0.122. The molecule has 0 saturated heterocycles. The summed E-state index contributed by atoms with van der Waals surface area (Å²) < 4.78 is 5.55. The molecule has 0 bridgehead atoms. The first kappa shape index (κ1) is 12.9. The summed E-state index contributed by atoms with van der Waals surface area (Å²) in [5.41, 5.74) is 5.49. The summed E-state index contributed by atoms with van der Waals surface area (Å²) in [7, 11) is 0. The quantitative estimate of drug-likeness (QED) is 0.540. The molecule has 3 nitrogen and oxygen atoms in total. The summed E-state index contributed by atoms with van der Waals surface area (Å²) in [6.07, 6.45) is 5.01. The first-order valence-electron chi connectivity index (χ1n) is 6.31. The molecule has 1 rings (SSSR count). The van der Waals surface area contributed by atoms with E-state index in [2.05, 4.69) is 12.2 Å². The van der Waals surface area contributed by atoms with Crippen molar-refractivity contribution in [3.8, 4) is 0 Å². The van der Waals surface area contributed by atoms with Crippen LogP contribution in [0.1, 0.15) is 32.6 Å². The Morgan fingerprint density at radius 1 is 1.47 bits per heavy atom. The average Bonchev–Trinajstić information content (AvgIpc) is 3.00. The second kappa shape index (κ2) is 8.08. The molecule has 0 radical (unpaired) electrons. The molecule has 3 N–H and O–H groups in total. The van der Waals surface area contributed by atoms with Crippen LogP contribution in [-0.2, 0) is 4.74 Å². The molecule has 1 atom stereocenters. The SMILES string of the molecule is CC(CCN)CNCCCOCC1CC1. The minimum Gasteiger partial charge on any atom is -0.381 e. The lowest BCUT2D eigenvalue weighted by Crippen LogP contribution is -2.24. The van der Waals surface area contributed by atoms with Gasteiger partial charge in [0.2, 0.25) is 0 Å². The Labute approximate surface area is 93.8 Å². The van der Waals surface area contributed by atoms with Crippen LogP contribution in [0.25, 0.3) is 0 Å². The van der Waals surface area contributed by atoms with Gasteiger partial charge in [0.1, 0.15) is 0 Å². The summed E-state index contributed by atoms with van der Waals surface area (Å²) in [4.78, 5) is 0. The minimum atomic E-state index is 0.697. The standard InChI is InChI=1S/C12H26N2O/c1-11(5-6-13)9-14-7-2-8-15-10-12-3-4-12/h11-12,14H,2-10,13H2,1H3. The maximum atomic E-state index is 5.55. The number of hydrogen-bond donors (Lipinski definition) is 2. The van der Waals surface area contributed by atoms with Gasteiger partial charge in [-0.25, -0.2) is 0 Å². The Hall–Kier alpha value is -0.120. The molecule has 1 aliphatic rings. The molecule has 0 aliphatic heterocycles. The highest BCUT2D eigenvalue weighted by atomic mass is 16.5. The van der Waals surface area contributed by atoms with E-state index in [9.17, 15) is 0 Å². The lowest BCUT2D eigenvalue weighted by Gasteiger charge is -2.11. The molecule has 1 fully saturated rings. The molecule has 0 aromatic carbocycles. The van der Waals surface area contributed by atoms with Crippen molar-refractivity contribution < 1.29 is 4.74 Å². The molecule has 0 spiro atoms. The first-order chi connectivity index (χ1) is 7.33. The van der Waals surface area contributed by atoms with Gasteiger partial charge < -0.3 is 15.8 Å². The predicted molar refractivity (Wildman–Crippen MR) is 63.9 cm³/mol. The van der Waals surface area contributed by atoms with Crippen molar-refractivity contribution in [3.63, 3.8) is 0 Å². The Bertz CT molecular complexity index is 149. The van der Waals surface area contributed by atoms with E-state index in [-0.39, 0.29) is 0 Å². The second-order valence-corrected chi connectivity index (χ2v) is 4.76. The van der Waals surface area contributed by atoms with Crippen molar-refractivity contribution >= 4 is 0 Å². The lowest BCUT2D eigenvalue weighted by atomic mass is 10.1. The summed E-state index contributed by atoms with van der Waals surface area (Å²) in [6, 6.07) is 0. The minimum absolute atomic E-state index is 0.697. The summed E-state index contributed by atoms with van der Waals surface area (Å²) in [5.74, 6) is 1.59. The third-order valence-electron chi connectivity index (χ3n) is 2.84. The number of nitrogens with two attached hydrogens (primary N) is 1. The molecule has 1 saturated carbocycles. The van der Waals surface area contributed by atoms with Crippen molar-refractivity contribution in [2.24, 2.45) is 17.6 Å². The van der Waals surface area contributed by atoms with Gasteiger partial charge in [0.05, 0.1) is 0 Å². The highest BCUT2D eigenvalue weighted by Crippen LogP contribution is 2.28. The smallest absolute Gasteiger partial charge is 0.0494 e. The van der Waals surface area contributed by atoms with E-state index in [1.54, 1.807) is 0 Å². The van der Waals surface area contributed by atoms with Gasteiger partial charge in [0.25, 0.3) is 0 Å². The Balaban J connectivity index is 1.72. The zero-order chi connectivity index (χ0) is 10.9. The van der Waals surface area contributed by atoms with Crippen LogP contribution in [0.4, 0.5) is 0 Å². The van der Waals surface area contributed by atoms with Crippen molar-refractivity contribution in [2.45, 2.75) is 32.6 Å². The Morgan fingerprint density at radius 2 is 2.27 bits per heavy atom. The molecule has 0 heterocycles. The summed E-state index contributed by atoms with van der Waals surface area (Å²) in [5, 5.41) is 3.44. The molecule has 0 amide bonds. The molecule has 1 unspecified atom stereocenters. The summed E-state index contributed by atoms with van der Waals surface area (Å²) in [6.45, 7) is 7.09. The van der Waals surface area contributed by atoms with Crippen molar-refractivity contribution in [3.05, 3.63) is 0 Å². The Morgan fingerprint density at radius 3 is 2.93 bits per heavy atom. The second-order valence-electron chi connectivity index (χ2n) is 4.76. The molecule has 15 heavy (non-hydrogen) atoms. The Kier molecular flexibility index (Phi) is 6.98. The van der Waals surface area contributed by atoms with E-state index in [1.165, 1.54) is 12.8 Å². The van der Waals surface area contributed by atoms with Crippen molar-refractivity contribution in [1.29, 1.82) is 0 Å². The van der Waals surface area contributed by atoms with E-state index >= 15 is 0 Å². The van der Waals surface area contributed by atoms with E-state index in [0.29, 0.717) is 5.92 Å². The van der Waals surface area contributed by atoms with Crippen LogP contribution in [0, 0.1) is 11.8 Å². The van der Waals surface area contributed by atoms with Gasteiger partial charge in [-0.2, -0.15) is 0 Å². The van der Waals surface area contributed by atoms with Crippen LogP contribution in [-0.4, -0.2) is 32.8 Å². The number of rotatable bonds is 10. The highest BCUT2D eigenvalue weighted by molar-refractivity contribution is 4.71. The van der Waals surface area contributed by atoms with Crippen LogP contribution in [0.5, 0.6) is 0 Å². The monoisotopic (exact) mass is 214 g/mol. The molecule has 3 heteroatoms. The molecule has 1 aliphatic carbocycles. The van der Waals surface area contributed by atoms with Gasteiger partial charge in [-0.15, -0.1) is 0 Å². The number of nitrogens with one attached hydrogen (secondary N) is 1. The van der Waals surface area contributed by atoms with E-state index in [0.717, 1.165) is 51.6 Å². The molecule has 0 aromatic rings. The van der Waals surface area contributed by atoms with Crippen LogP contribution < -0.4 is 11.1 Å². The largest absolute Gasteiger partial charge is 0.381 e. The van der Waals surface area contributed by atoms with E-state index in [1.807, 2.05) is 0 Å². The van der Waals surface area contributed by atoms with Gasteiger partial charge in [-0.05, 0) is 57.2 Å². The normalized spacial score (nSPS) is 18.0. The van der Waals surface area contributed by atoms with Gasteiger partial charge in [0.15, 0.2) is 0 Å². The molecular weight excluding hydrogens is 188 g/mol. The third kappa shape index (κ3) is 7.77. The van der Waals surface area contributed by atoms with E-state index in [4.69, 9.17) is 10.5 Å². The summed E-state index contributed by atoms with van der Waals surface area (Å²) >= 11 is 0. The highest BCUT2D eigenvalue weighted by Gasteiger charge is 2.20. The van der Waals surface area contributed by atoms with Gasteiger partial charge in [-0.1, -0.05) is 6.92 Å². The van der Waals surface area contributed by atoms with Crippen LogP contribution in [0.15, 0.2) is 0 Å².